The Balaban J connectivity index is 2.88. The number of amides is 1. The minimum atomic E-state index is -0.567. The van der Waals surface area contributed by atoms with E-state index < -0.39 is 5.91 Å². The first-order chi connectivity index (χ1) is 7.86. The van der Waals surface area contributed by atoms with Crippen molar-refractivity contribution in [2.45, 2.75) is 33.1 Å². The van der Waals surface area contributed by atoms with Crippen molar-refractivity contribution in [3.63, 3.8) is 0 Å². The molecule has 3 heteroatoms. The van der Waals surface area contributed by atoms with Crippen molar-refractivity contribution >= 4 is 12.2 Å². The van der Waals surface area contributed by atoms with Gasteiger partial charge in [-0.25, -0.2) is 0 Å². The first-order valence-corrected chi connectivity index (χ1v) is 5.67. The summed E-state index contributed by atoms with van der Waals surface area (Å²) in [6.07, 6.45) is 0.304. The van der Waals surface area contributed by atoms with Crippen LogP contribution in [0.15, 0.2) is 18.2 Å². The average Bonchev–Trinajstić information content (AvgIpc) is 2.25. The van der Waals surface area contributed by atoms with Gasteiger partial charge in [-0.05, 0) is 25.0 Å². The second-order valence-electron chi connectivity index (χ2n) is 5.04. The first-order valence-electron chi connectivity index (χ1n) is 5.67. The van der Waals surface area contributed by atoms with Crippen LogP contribution in [0, 0.1) is 13.8 Å². The van der Waals surface area contributed by atoms with Crippen molar-refractivity contribution < 1.29 is 9.59 Å². The van der Waals surface area contributed by atoms with Gasteiger partial charge >= 0.3 is 0 Å². The Morgan fingerprint density at radius 1 is 1.35 bits per heavy atom. The standard InChI is InChI=1S/C14H19NO2/c1-10-5-6-12(11(2)7-10)14(3,4)9-15-13(17)8-16/h5-8H,9H2,1-4H3,(H,15,17). The maximum absolute atomic E-state index is 10.9. The quantitative estimate of drug-likeness (QED) is 0.637. The van der Waals surface area contributed by atoms with Gasteiger partial charge in [-0.2, -0.15) is 0 Å². The van der Waals surface area contributed by atoms with Crippen molar-refractivity contribution in [3.05, 3.63) is 34.9 Å². The molecule has 1 N–H and O–H groups in total. The van der Waals surface area contributed by atoms with E-state index >= 15 is 0 Å². The zero-order chi connectivity index (χ0) is 13.1. The van der Waals surface area contributed by atoms with Gasteiger partial charge in [0.05, 0.1) is 0 Å². The van der Waals surface area contributed by atoms with Crippen LogP contribution in [0.25, 0.3) is 0 Å². The summed E-state index contributed by atoms with van der Waals surface area (Å²) in [4.78, 5) is 21.2. The van der Waals surface area contributed by atoms with Crippen molar-refractivity contribution in [1.29, 1.82) is 0 Å². The Kier molecular flexibility index (Phi) is 4.05. The molecule has 0 bridgehead atoms. The summed E-state index contributed by atoms with van der Waals surface area (Å²) < 4.78 is 0. The molecule has 0 atom stereocenters. The highest BCUT2D eigenvalue weighted by Gasteiger charge is 2.22. The summed E-state index contributed by atoms with van der Waals surface area (Å²) in [5, 5.41) is 2.61. The van der Waals surface area contributed by atoms with Gasteiger partial charge in [0.15, 0.2) is 0 Å². The van der Waals surface area contributed by atoms with E-state index in [0.29, 0.717) is 12.8 Å². The largest absolute Gasteiger partial charge is 0.349 e. The fourth-order valence-corrected chi connectivity index (χ4v) is 2.02. The van der Waals surface area contributed by atoms with Crippen LogP contribution in [-0.2, 0) is 15.0 Å². The molecular formula is C14H19NO2. The zero-order valence-corrected chi connectivity index (χ0v) is 10.8. The highest BCUT2D eigenvalue weighted by Crippen LogP contribution is 2.26. The van der Waals surface area contributed by atoms with E-state index in [1.807, 2.05) is 0 Å². The number of nitrogens with one attached hydrogen (secondary N) is 1. The van der Waals surface area contributed by atoms with E-state index in [1.165, 1.54) is 16.7 Å². The molecule has 0 fully saturated rings. The third-order valence-corrected chi connectivity index (χ3v) is 2.92. The van der Waals surface area contributed by atoms with E-state index in [-0.39, 0.29) is 5.41 Å². The van der Waals surface area contributed by atoms with Crippen LogP contribution in [0.1, 0.15) is 30.5 Å². The van der Waals surface area contributed by atoms with E-state index in [1.54, 1.807) is 0 Å². The van der Waals surface area contributed by atoms with Gasteiger partial charge < -0.3 is 5.32 Å². The number of benzene rings is 1. The first kappa shape index (κ1) is 13.4. The van der Waals surface area contributed by atoms with Crippen LogP contribution < -0.4 is 5.32 Å². The van der Waals surface area contributed by atoms with Crippen LogP contribution >= 0.6 is 0 Å². The lowest BCUT2D eigenvalue weighted by molar-refractivity contribution is -0.131. The number of carbonyl (C=O) groups excluding carboxylic acids is 2. The molecule has 0 aliphatic heterocycles. The molecule has 1 amide bonds. The van der Waals surface area contributed by atoms with Gasteiger partial charge in [0.2, 0.25) is 6.29 Å². The molecule has 92 valence electrons. The molecule has 0 heterocycles. The fraction of sp³-hybridized carbons (Fsp3) is 0.429. The van der Waals surface area contributed by atoms with Crippen LogP contribution in [0.2, 0.25) is 0 Å². The summed E-state index contributed by atoms with van der Waals surface area (Å²) in [5.41, 5.74) is 3.43. The maximum atomic E-state index is 10.9. The van der Waals surface area contributed by atoms with Gasteiger partial charge in [0.25, 0.3) is 5.91 Å². The van der Waals surface area contributed by atoms with Gasteiger partial charge in [-0.1, -0.05) is 37.6 Å². The number of aryl methyl sites for hydroxylation is 2. The Bertz CT molecular complexity index is 436. The summed E-state index contributed by atoms with van der Waals surface area (Å²) in [5.74, 6) is -0.567. The highest BCUT2D eigenvalue weighted by molar-refractivity contribution is 6.23. The van der Waals surface area contributed by atoms with Gasteiger partial charge in [0.1, 0.15) is 0 Å². The SMILES string of the molecule is Cc1ccc(C(C)(C)CNC(=O)C=O)c(C)c1. The fourth-order valence-electron chi connectivity index (χ4n) is 2.02. The summed E-state index contributed by atoms with van der Waals surface area (Å²) in [7, 11) is 0. The molecule has 0 saturated carbocycles. The zero-order valence-electron chi connectivity index (χ0n) is 10.8. The molecule has 0 unspecified atom stereocenters. The predicted octanol–water partition coefficient (Wildman–Crippen LogP) is 1.90. The third-order valence-electron chi connectivity index (χ3n) is 2.92. The predicted molar refractivity (Wildman–Crippen MR) is 68.0 cm³/mol. The maximum Gasteiger partial charge on any atom is 0.284 e. The van der Waals surface area contributed by atoms with Crippen LogP contribution in [0.4, 0.5) is 0 Å². The molecule has 0 aliphatic rings. The second kappa shape index (κ2) is 5.13. The van der Waals surface area contributed by atoms with Crippen molar-refractivity contribution in [2.75, 3.05) is 6.54 Å². The van der Waals surface area contributed by atoms with Gasteiger partial charge in [-0.3, -0.25) is 9.59 Å². The molecular weight excluding hydrogens is 214 g/mol. The molecule has 0 aromatic heterocycles. The van der Waals surface area contributed by atoms with E-state index in [0.717, 1.165) is 0 Å². The monoisotopic (exact) mass is 233 g/mol. The summed E-state index contributed by atoms with van der Waals surface area (Å²) in [6.45, 7) is 8.67. The van der Waals surface area contributed by atoms with Gasteiger partial charge in [0, 0.05) is 12.0 Å². The molecule has 1 aromatic rings. The minimum Gasteiger partial charge on any atom is -0.349 e. The van der Waals surface area contributed by atoms with Gasteiger partial charge in [-0.15, -0.1) is 0 Å². The average molecular weight is 233 g/mol. The normalized spacial score (nSPS) is 11.1. The molecule has 1 aromatic carbocycles. The number of hydrogen-bond donors (Lipinski definition) is 1. The van der Waals surface area contributed by atoms with Crippen molar-refractivity contribution in [2.24, 2.45) is 0 Å². The Morgan fingerprint density at radius 2 is 2.00 bits per heavy atom. The van der Waals surface area contributed by atoms with Crippen molar-refractivity contribution in [1.82, 2.24) is 5.32 Å². The molecule has 17 heavy (non-hydrogen) atoms. The Morgan fingerprint density at radius 3 is 2.53 bits per heavy atom. The lowest BCUT2D eigenvalue weighted by Gasteiger charge is -2.27. The molecule has 3 nitrogen and oxygen atoms in total. The summed E-state index contributed by atoms with van der Waals surface area (Å²) >= 11 is 0. The molecule has 0 aliphatic carbocycles. The van der Waals surface area contributed by atoms with E-state index in [9.17, 15) is 9.59 Å². The smallest absolute Gasteiger partial charge is 0.284 e. The number of carbonyl (C=O) groups is 2. The van der Waals surface area contributed by atoms with Crippen molar-refractivity contribution in [3.8, 4) is 0 Å². The second-order valence-corrected chi connectivity index (χ2v) is 5.04. The van der Waals surface area contributed by atoms with Crippen LogP contribution in [-0.4, -0.2) is 18.7 Å². The number of rotatable bonds is 4. The van der Waals surface area contributed by atoms with E-state index in [4.69, 9.17) is 0 Å². The lowest BCUT2D eigenvalue weighted by atomic mass is 9.81. The molecule has 0 radical (unpaired) electrons. The molecule has 0 spiro atoms. The highest BCUT2D eigenvalue weighted by atomic mass is 16.2. The van der Waals surface area contributed by atoms with Crippen LogP contribution in [0.5, 0.6) is 0 Å². The number of hydrogen-bond acceptors (Lipinski definition) is 2. The molecule has 0 saturated heterocycles. The third kappa shape index (κ3) is 3.41. The number of aldehydes is 1. The summed E-state index contributed by atoms with van der Waals surface area (Å²) in [6, 6.07) is 6.27. The minimum absolute atomic E-state index is 0.184. The lowest BCUT2D eigenvalue weighted by Crippen LogP contribution is -2.37. The Labute approximate surface area is 102 Å². The topological polar surface area (TPSA) is 46.2 Å². The van der Waals surface area contributed by atoms with Crippen LogP contribution in [0.3, 0.4) is 0 Å². The molecule has 1 rings (SSSR count). The Hall–Kier alpha value is -1.64. The van der Waals surface area contributed by atoms with E-state index in [2.05, 4.69) is 51.2 Å².